The number of hydroxylamine groups is 1. The Balaban J connectivity index is 1.64. The Hall–Kier alpha value is -4.70. The Labute approximate surface area is 336 Å². The summed E-state index contributed by atoms with van der Waals surface area (Å²) < 4.78 is 0. The molecule has 2 heterocycles. The van der Waals surface area contributed by atoms with E-state index < -0.39 is 84.6 Å². The fourth-order valence-corrected chi connectivity index (χ4v) is 7.87. The number of primary amides is 1. The van der Waals surface area contributed by atoms with Crippen LogP contribution in [0.1, 0.15) is 85.5 Å². The van der Waals surface area contributed by atoms with E-state index in [9.17, 15) is 48.3 Å². The largest absolute Gasteiger partial charge is 0.391 e. The fourth-order valence-electron chi connectivity index (χ4n) is 6.32. The van der Waals surface area contributed by atoms with Gasteiger partial charge in [0, 0.05) is 36.3 Å². The van der Waals surface area contributed by atoms with Crippen LogP contribution in [0, 0.1) is 11.8 Å². The van der Waals surface area contributed by atoms with Gasteiger partial charge < -0.3 is 53.4 Å². The first-order valence-corrected chi connectivity index (χ1v) is 20.3. The van der Waals surface area contributed by atoms with Crippen molar-refractivity contribution in [3.05, 3.63) is 0 Å². The van der Waals surface area contributed by atoms with Gasteiger partial charge in [-0.15, -0.1) is 0 Å². The topological polar surface area (TPSA) is 328 Å². The highest BCUT2D eigenvalue weighted by atomic mass is 32.2. The Bertz CT molecular complexity index is 1440. The molecule has 0 aromatic heterocycles. The molecule has 2 rings (SSSR count). The molecule has 22 heteroatoms. The molecule has 0 saturated carbocycles. The molecular formula is C35H60N10O11S. The number of nitrogens with two attached hydrogens (primary N) is 1. The minimum atomic E-state index is -1.50. The third kappa shape index (κ3) is 18.0. The van der Waals surface area contributed by atoms with Crippen molar-refractivity contribution in [3.8, 4) is 0 Å². The number of unbranched alkanes of at least 4 members (excludes halogenated alkanes) is 2. The minimum absolute atomic E-state index is 0.0165. The van der Waals surface area contributed by atoms with Gasteiger partial charge in [0.2, 0.25) is 47.3 Å². The van der Waals surface area contributed by atoms with Crippen molar-refractivity contribution in [1.29, 1.82) is 0 Å². The molecule has 0 spiro atoms. The maximum Gasteiger partial charge on any atom is 0.315 e. The molecule has 0 bridgehead atoms. The minimum Gasteiger partial charge on any atom is -0.391 e. The lowest BCUT2D eigenvalue weighted by Crippen LogP contribution is -2.57. The van der Waals surface area contributed by atoms with Crippen LogP contribution in [0.2, 0.25) is 0 Å². The lowest BCUT2D eigenvalue weighted by atomic mass is 9.92. The zero-order valence-corrected chi connectivity index (χ0v) is 33.8. The second-order valence-corrected chi connectivity index (χ2v) is 16.0. The van der Waals surface area contributed by atoms with E-state index in [4.69, 9.17) is 10.9 Å². The highest BCUT2D eigenvalue weighted by molar-refractivity contribution is 8.00. The van der Waals surface area contributed by atoms with E-state index in [0.29, 0.717) is 31.1 Å². The number of fused-ring (bicyclic) bond motifs is 1. The third-order valence-electron chi connectivity index (χ3n) is 9.37. The van der Waals surface area contributed by atoms with Gasteiger partial charge in [0.15, 0.2) is 0 Å². The summed E-state index contributed by atoms with van der Waals surface area (Å²) >= 11 is 1.83. The molecule has 0 radical (unpaired) electrons. The quantitative estimate of drug-likeness (QED) is 0.0181. The molecule has 0 aromatic rings. The van der Waals surface area contributed by atoms with Gasteiger partial charge in [-0.1, -0.05) is 20.3 Å². The van der Waals surface area contributed by atoms with Crippen molar-refractivity contribution in [1.82, 2.24) is 48.0 Å². The Kier molecular flexibility index (Phi) is 21.1. The van der Waals surface area contributed by atoms with Gasteiger partial charge in [-0.2, -0.15) is 11.8 Å². The molecule has 0 aliphatic carbocycles. The molecule has 2 aliphatic heterocycles. The van der Waals surface area contributed by atoms with Crippen molar-refractivity contribution in [2.24, 2.45) is 17.6 Å². The Morgan fingerprint density at radius 2 is 1.51 bits per heavy atom. The highest BCUT2D eigenvalue weighted by Crippen LogP contribution is 2.33. The summed E-state index contributed by atoms with van der Waals surface area (Å²) in [6.07, 6.45) is 2.58. The molecule has 57 heavy (non-hydrogen) atoms. The summed E-state index contributed by atoms with van der Waals surface area (Å²) in [4.78, 5) is 110. The average molecular weight is 829 g/mol. The monoisotopic (exact) mass is 828 g/mol. The molecule has 1 unspecified atom stereocenters. The molecule has 2 aliphatic rings. The predicted molar refractivity (Wildman–Crippen MR) is 207 cm³/mol. The predicted octanol–water partition coefficient (Wildman–Crippen LogP) is -2.87. The zero-order chi connectivity index (χ0) is 42.7. The van der Waals surface area contributed by atoms with E-state index in [1.54, 1.807) is 0 Å². The number of hydrogen-bond donors (Lipinski definition) is 12. The molecule has 10 amide bonds. The van der Waals surface area contributed by atoms with Crippen molar-refractivity contribution in [2.75, 3.05) is 25.4 Å². The number of aliphatic hydroxyl groups is 1. The van der Waals surface area contributed by atoms with Crippen molar-refractivity contribution < 1.29 is 53.5 Å². The van der Waals surface area contributed by atoms with Crippen LogP contribution in [0.4, 0.5) is 4.79 Å². The van der Waals surface area contributed by atoms with Crippen LogP contribution in [-0.2, 0) is 38.4 Å². The lowest BCUT2D eigenvalue weighted by Gasteiger charge is -2.25. The summed E-state index contributed by atoms with van der Waals surface area (Å²) in [6.45, 7) is 5.45. The molecule has 2 saturated heterocycles. The van der Waals surface area contributed by atoms with Gasteiger partial charge in [0.1, 0.15) is 18.1 Å². The molecule has 0 aromatic carbocycles. The highest BCUT2D eigenvalue weighted by Gasteiger charge is 2.42. The molecule has 21 nitrogen and oxygen atoms in total. The Morgan fingerprint density at radius 1 is 0.807 bits per heavy atom. The number of urea groups is 1. The normalized spacial score (nSPS) is 19.6. The van der Waals surface area contributed by atoms with E-state index >= 15 is 0 Å². The summed E-state index contributed by atoms with van der Waals surface area (Å²) in [6, 6.07) is -3.55. The lowest BCUT2D eigenvalue weighted by molar-refractivity contribution is -0.138. The molecule has 2 fully saturated rings. The number of carbonyl (C=O) groups is 9. The Morgan fingerprint density at radius 3 is 2.16 bits per heavy atom. The van der Waals surface area contributed by atoms with E-state index in [1.807, 2.05) is 25.6 Å². The second-order valence-electron chi connectivity index (χ2n) is 14.8. The van der Waals surface area contributed by atoms with Crippen LogP contribution >= 0.6 is 11.8 Å². The molecule has 8 atom stereocenters. The summed E-state index contributed by atoms with van der Waals surface area (Å²) in [5.41, 5.74) is 6.89. The third-order valence-corrected chi connectivity index (χ3v) is 10.9. The number of aliphatic hydroxyl groups excluding tert-OH is 1. The van der Waals surface area contributed by atoms with Gasteiger partial charge in [-0.25, -0.2) is 10.3 Å². The standard InChI is InChI=1S/C35H60N10O11S/c1-18(2)13-21(14-26(48)45-56)33(53)43-29(20(4)46)34(54)40-19(3)32(52)39-15-27(49)38-16-28(50)41-22(31(36)51)9-7-8-12-37-25(47)11-6-5-10-24-30-23(17-57-24)42-35(55)44-30/h18-24,29-30,46,56H,5-17H2,1-4H3,(H2,36,51)(H,37,47)(H,38,49)(H,39,52)(H,40,54)(H,41,50)(H,43,53)(H,45,48)(H2,42,44,55)/t19-,20+,21?,22-,23-,24-,29-,30-/m0/s1. The number of carbonyl (C=O) groups excluding carboxylic acids is 9. The van der Waals surface area contributed by atoms with Crippen LogP contribution in [0.5, 0.6) is 0 Å². The number of hydrogen-bond acceptors (Lipinski definition) is 12. The zero-order valence-electron chi connectivity index (χ0n) is 32.9. The van der Waals surface area contributed by atoms with Crippen LogP contribution in [0.3, 0.4) is 0 Å². The van der Waals surface area contributed by atoms with E-state index in [0.717, 1.165) is 25.0 Å². The van der Waals surface area contributed by atoms with Crippen LogP contribution < -0.4 is 53.7 Å². The van der Waals surface area contributed by atoms with Gasteiger partial charge in [-0.3, -0.25) is 43.6 Å². The van der Waals surface area contributed by atoms with Gasteiger partial charge in [0.05, 0.1) is 31.3 Å². The summed E-state index contributed by atoms with van der Waals surface area (Å²) in [7, 11) is 0. The van der Waals surface area contributed by atoms with E-state index in [1.165, 1.54) is 19.3 Å². The maximum atomic E-state index is 12.9. The van der Waals surface area contributed by atoms with Crippen molar-refractivity contribution in [3.63, 3.8) is 0 Å². The van der Waals surface area contributed by atoms with Crippen LogP contribution in [-0.4, -0.2) is 131 Å². The van der Waals surface area contributed by atoms with E-state index in [-0.39, 0.29) is 49.2 Å². The maximum absolute atomic E-state index is 12.9. The summed E-state index contributed by atoms with van der Waals surface area (Å²) in [5, 5.41) is 39.8. The van der Waals surface area contributed by atoms with Crippen molar-refractivity contribution in [2.45, 2.75) is 127 Å². The summed E-state index contributed by atoms with van der Waals surface area (Å²) in [5.74, 6) is -5.60. The SMILES string of the molecule is CC(C)CC(CC(=O)NO)C(=O)N[C@H](C(=O)N[C@@H](C)C(=O)NCC(=O)NCC(=O)N[C@@H](CCCCNC(=O)CCCC[C@@H]1SC[C@@H]2NC(=O)N[C@@H]21)C(N)=O)[C@@H](C)O. The van der Waals surface area contributed by atoms with E-state index in [2.05, 4.69) is 42.5 Å². The van der Waals surface area contributed by atoms with Gasteiger partial charge in [-0.05, 0) is 58.3 Å². The first-order chi connectivity index (χ1) is 26.9. The van der Waals surface area contributed by atoms with Gasteiger partial charge in [0.25, 0.3) is 0 Å². The number of amides is 10. The molecular weight excluding hydrogens is 769 g/mol. The number of thioether (sulfide) groups is 1. The number of nitrogens with one attached hydrogen (secondary N) is 9. The average Bonchev–Trinajstić information content (AvgIpc) is 3.70. The van der Waals surface area contributed by atoms with Crippen LogP contribution in [0.15, 0.2) is 0 Å². The fraction of sp³-hybridized carbons (Fsp3) is 0.743. The van der Waals surface area contributed by atoms with Crippen molar-refractivity contribution >= 4 is 65.1 Å². The van der Waals surface area contributed by atoms with Crippen LogP contribution in [0.25, 0.3) is 0 Å². The van der Waals surface area contributed by atoms with Gasteiger partial charge >= 0.3 is 6.03 Å². The first kappa shape index (κ1) is 48.4. The molecule has 13 N–H and O–H groups in total. The number of rotatable bonds is 26. The second kappa shape index (κ2) is 24.8. The molecule has 322 valence electrons. The smallest absolute Gasteiger partial charge is 0.315 e. The first-order valence-electron chi connectivity index (χ1n) is 19.2.